The van der Waals surface area contributed by atoms with Crippen LogP contribution in [0.4, 0.5) is 0 Å². The number of nitrogens with one attached hydrogen (secondary N) is 16. The summed E-state index contributed by atoms with van der Waals surface area (Å²) < 4.78 is 76.3. The van der Waals surface area contributed by atoms with Crippen LogP contribution in [0.3, 0.4) is 0 Å². The van der Waals surface area contributed by atoms with Crippen LogP contribution in [-0.2, 0) is 53.8 Å². The second-order valence-corrected chi connectivity index (χ2v) is 35.5. The Morgan fingerprint density at radius 3 is 0.522 bits per heavy atom. The Labute approximate surface area is 557 Å². The summed E-state index contributed by atoms with van der Waals surface area (Å²) in [5.41, 5.74) is 0. The third kappa shape index (κ3) is 12.2. The Morgan fingerprint density at radius 2 is 0.367 bits per heavy atom. The molecule has 0 aromatic heterocycles. The van der Waals surface area contributed by atoms with E-state index in [9.17, 15) is 25.9 Å². The fraction of sp³-hybridized carbons (Fsp3) is 1.00. The molecule has 90 heavy (non-hydrogen) atoms. The Hall–Kier alpha value is 0.193. The van der Waals surface area contributed by atoms with Crippen LogP contribution in [0.1, 0.15) is 193 Å². The van der Waals surface area contributed by atoms with Gasteiger partial charge >= 0.3 is 16.8 Å². The van der Waals surface area contributed by atoms with Gasteiger partial charge in [-0.1, -0.05) is 89.9 Å². The first-order valence-corrected chi connectivity index (χ1v) is 39.9. The standard InChI is InChI=1S/C32H56N8O6S2.C32H56N8.2Co/c41-47(42,43)22-14-13-21-23(24(22)48(44,45)46)32-39-30-20-12-6-5-11-19(20)28(37-30)35-26-16-8-2-1-7-15(16)25(33-26)34-27-17-9-3-4-10-18(17)29(36-27)38-31(21)40-32;1-2-10-18-17(9-1)25-33-26(18)38-28-21-13-5-6-14-22(21)30(35-28)40-32-24-16-8-7-15-23(24)31(36-32)39-29-20-12-4-3-11-19(20)27(34-29)37-25;;/h15-40H,1-14H2,(H,41,42,43)(H,44,45,46);17-40H,1-16H2;;/q;;;+2/p-2. The van der Waals surface area contributed by atoms with E-state index >= 15 is 0 Å². The first kappa shape index (κ1) is 66.1. The predicted molar refractivity (Wildman–Crippen MR) is 332 cm³/mol. The molecule has 26 heteroatoms. The van der Waals surface area contributed by atoms with Gasteiger partial charge in [-0.3, -0.25) is 85.1 Å². The molecule has 26 unspecified atom stereocenters. The molecule has 512 valence electrons. The van der Waals surface area contributed by atoms with E-state index in [1.165, 1.54) is 135 Å². The van der Waals surface area contributed by atoms with Crippen LogP contribution in [0.25, 0.3) is 0 Å². The Bertz CT molecular complexity index is 2520. The van der Waals surface area contributed by atoms with E-state index in [1.807, 2.05) is 0 Å². The molecule has 8 saturated carbocycles. The van der Waals surface area contributed by atoms with Gasteiger partial charge in [-0.15, -0.1) is 0 Å². The molecule has 26 atom stereocenters. The fourth-order valence-electron chi connectivity index (χ4n) is 24.6. The average molecular weight is 1380 g/mol. The van der Waals surface area contributed by atoms with Crippen LogP contribution in [0.5, 0.6) is 0 Å². The fourth-order valence-corrected chi connectivity index (χ4v) is 27.6. The molecule has 10 aliphatic heterocycles. The van der Waals surface area contributed by atoms with Crippen LogP contribution in [0.15, 0.2) is 0 Å². The molecule has 8 aliphatic carbocycles. The summed E-state index contributed by atoms with van der Waals surface area (Å²) in [6, 6.07) is 0. The minimum atomic E-state index is -5.12. The average Bonchev–Trinajstić information content (AvgIpc) is 1.54. The second kappa shape index (κ2) is 27.0. The van der Waals surface area contributed by atoms with Crippen molar-refractivity contribution >= 4 is 20.2 Å². The van der Waals surface area contributed by atoms with Crippen LogP contribution in [-0.4, -0.2) is 135 Å². The van der Waals surface area contributed by atoms with Crippen molar-refractivity contribution in [3.63, 3.8) is 0 Å². The van der Waals surface area contributed by atoms with E-state index < -0.39 is 42.8 Å². The Kier molecular flexibility index (Phi) is 19.9. The van der Waals surface area contributed by atoms with Gasteiger partial charge in [-0.2, -0.15) is 0 Å². The predicted octanol–water partition coefficient (Wildman–Crippen LogP) is 2.25. The number of fused-ring (bicyclic) bond motifs is 40. The molecular weight excluding hydrogens is 1270 g/mol. The molecule has 22 nitrogen and oxygen atoms in total. The summed E-state index contributed by atoms with van der Waals surface area (Å²) in [4.78, 5) is 0. The van der Waals surface area contributed by atoms with Crippen LogP contribution >= 0.6 is 0 Å². The Balaban J connectivity index is 0.000000149. The number of rotatable bonds is 2. The van der Waals surface area contributed by atoms with Gasteiger partial charge in [-0.25, -0.2) is 16.8 Å². The van der Waals surface area contributed by atoms with Gasteiger partial charge in [0.2, 0.25) is 0 Å². The van der Waals surface area contributed by atoms with Crippen molar-refractivity contribution in [3.8, 4) is 0 Å². The molecule has 10 heterocycles. The molecule has 0 spiro atoms. The summed E-state index contributed by atoms with van der Waals surface area (Å²) in [7, 11) is -10.1. The number of hydrogen-bond donors (Lipinski definition) is 16. The van der Waals surface area contributed by atoms with E-state index in [0.29, 0.717) is 91.3 Å². The third-order valence-corrected chi connectivity index (χ3v) is 31.2. The van der Waals surface area contributed by atoms with Gasteiger partial charge in [-0.05, 0) is 192 Å². The van der Waals surface area contributed by atoms with Gasteiger partial charge < -0.3 is 9.11 Å². The molecule has 16 bridgehead atoms. The molecule has 0 amide bonds. The minimum Gasteiger partial charge on any atom is -0.748 e. The maximum Gasteiger partial charge on any atom is 2.00 e. The molecule has 16 N–H and O–H groups in total. The van der Waals surface area contributed by atoms with Crippen molar-refractivity contribution in [1.29, 1.82) is 0 Å². The van der Waals surface area contributed by atoms with Gasteiger partial charge in [0.15, 0.2) is 0 Å². The summed E-state index contributed by atoms with van der Waals surface area (Å²) >= 11 is 0. The summed E-state index contributed by atoms with van der Waals surface area (Å²) in [6.07, 6.45) is 39.1. The molecule has 18 aliphatic rings. The van der Waals surface area contributed by atoms with Crippen molar-refractivity contribution in [2.24, 2.45) is 94.7 Å². The maximum atomic E-state index is 13.0. The first-order valence-electron chi connectivity index (χ1n) is 36.9. The first-order chi connectivity index (χ1) is 42.8. The van der Waals surface area contributed by atoms with E-state index in [2.05, 4.69) is 85.1 Å². The van der Waals surface area contributed by atoms with E-state index in [0.717, 1.165) is 92.3 Å². The molecule has 18 fully saturated rings. The van der Waals surface area contributed by atoms with Gasteiger partial charge in [0.25, 0.3) is 0 Å². The Morgan fingerprint density at radius 1 is 0.211 bits per heavy atom. The zero-order valence-electron chi connectivity index (χ0n) is 52.8. The smallest absolute Gasteiger partial charge is 0.748 e. The van der Waals surface area contributed by atoms with Crippen molar-refractivity contribution in [2.45, 2.75) is 302 Å². The van der Waals surface area contributed by atoms with Crippen molar-refractivity contribution in [1.82, 2.24) is 85.1 Å². The monoisotopic (exact) mass is 1380 g/mol. The third-order valence-electron chi connectivity index (χ3n) is 28.4. The molecule has 0 aromatic rings. The van der Waals surface area contributed by atoms with Crippen LogP contribution < -0.4 is 85.1 Å². The van der Waals surface area contributed by atoms with Crippen molar-refractivity contribution in [2.75, 3.05) is 0 Å². The normalized spacial score (nSPS) is 54.3. The summed E-state index contributed by atoms with van der Waals surface area (Å²) in [6.45, 7) is 0. The van der Waals surface area contributed by atoms with E-state index in [4.69, 9.17) is 0 Å². The largest absolute Gasteiger partial charge is 2.00 e. The van der Waals surface area contributed by atoms with Gasteiger partial charge in [0, 0.05) is 22.7 Å². The minimum absolute atomic E-state index is 0. The zero-order valence-corrected chi connectivity index (χ0v) is 56.5. The summed E-state index contributed by atoms with van der Waals surface area (Å²) in [5.74, 6) is 7.39. The van der Waals surface area contributed by atoms with Crippen molar-refractivity contribution in [3.05, 3.63) is 0 Å². The summed E-state index contributed by atoms with van der Waals surface area (Å²) in [5, 5.41) is 61.5. The van der Waals surface area contributed by atoms with Gasteiger partial charge in [0.05, 0.1) is 129 Å². The quantitative estimate of drug-likeness (QED) is 0.176. The number of hydrogen-bond acceptors (Lipinski definition) is 22. The zero-order chi connectivity index (χ0) is 59.2. The molecule has 10 saturated heterocycles. The molecule has 18 rings (SSSR count). The van der Waals surface area contributed by atoms with E-state index in [-0.39, 0.29) is 89.1 Å². The second-order valence-electron chi connectivity index (χ2n) is 32.4. The van der Waals surface area contributed by atoms with Crippen LogP contribution in [0.2, 0.25) is 0 Å². The molecule has 0 aromatic carbocycles. The SMILES string of the molecule is C1CCC2C3NC(NC4NC(NC5NC(NC6NC(N3)C3CCCCC63)C3CCCCC53)C3CCCCC43)C2C1.O=S(=O)([O-])C1CCC2C3NC4NC(NC5NC(NC6NC(NC(N3)C2C1S(=O)(=O)[O-])C1CCCCC61)C1CCCCC51)C1CCCCC41.[Co+2].[Co]. The topological polar surface area (TPSA) is 307 Å². The van der Waals surface area contributed by atoms with Crippen molar-refractivity contribution < 1.29 is 59.5 Å². The molecular formula is C64H110Co2N16O6S2. The van der Waals surface area contributed by atoms with E-state index in [1.54, 1.807) is 0 Å². The maximum absolute atomic E-state index is 13.0. The molecule has 2 radical (unpaired) electrons. The van der Waals surface area contributed by atoms with Crippen LogP contribution in [0, 0.1) is 94.7 Å². The van der Waals surface area contributed by atoms with Gasteiger partial charge in [0.1, 0.15) is 0 Å².